The second-order valence-electron chi connectivity index (χ2n) is 3.46. The van der Waals surface area contributed by atoms with E-state index in [0.717, 1.165) is 6.07 Å². The molecule has 0 radical (unpaired) electrons. The molecule has 0 heterocycles. The van der Waals surface area contributed by atoms with Gasteiger partial charge in [-0.25, -0.2) is 0 Å². The summed E-state index contributed by atoms with van der Waals surface area (Å²) in [6, 6.07) is 2.30. The van der Waals surface area contributed by atoms with Crippen molar-refractivity contribution in [2.45, 2.75) is 20.0 Å². The molecule has 0 saturated carbocycles. The molecule has 104 valence electrons. The Morgan fingerprint density at radius 3 is 2.68 bits per heavy atom. The van der Waals surface area contributed by atoms with Gasteiger partial charge in [0, 0.05) is 5.56 Å². The molecule has 0 unspecified atom stereocenters. The van der Waals surface area contributed by atoms with Crippen molar-refractivity contribution in [2.24, 2.45) is 0 Å². The molecule has 19 heavy (non-hydrogen) atoms. The molecule has 0 saturated heterocycles. The van der Waals surface area contributed by atoms with Crippen molar-refractivity contribution < 1.29 is 27.8 Å². The molecule has 1 rings (SSSR count). The first-order valence-corrected chi connectivity index (χ1v) is 5.73. The van der Waals surface area contributed by atoms with Crippen molar-refractivity contribution >= 4 is 23.9 Å². The number of halogens is 3. The Kier molecular flexibility index (Phi) is 5.69. The van der Waals surface area contributed by atoms with Gasteiger partial charge < -0.3 is 9.47 Å². The largest absolute Gasteiger partial charge is 0.466 e. The molecule has 1 aromatic carbocycles. The lowest BCUT2D eigenvalue weighted by Crippen LogP contribution is -2.10. The number of rotatable bonds is 6. The van der Waals surface area contributed by atoms with Crippen LogP contribution in [0.5, 0.6) is 5.75 Å². The van der Waals surface area contributed by atoms with E-state index in [9.17, 15) is 18.4 Å². The van der Waals surface area contributed by atoms with Gasteiger partial charge in [0.05, 0.1) is 18.1 Å². The number of ether oxygens (including phenoxy) is 2. The molecule has 0 bridgehead atoms. The molecule has 0 fully saturated rings. The highest BCUT2D eigenvalue weighted by molar-refractivity contribution is 6.32. The SMILES string of the molecule is CCOC(=O)Cc1cc(OC(F)F)c(Cl)cc1C=O. The number of carbonyl (C=O) groups excluding carboxylic acids is 2. The zero-order chi connectivity index (χ0) is 14.4. The Morgan fingerprint density at radius 2 is 2.16 bits per heavy atom. The first-order valence-electron chi connectivity index (χ1n) is 5.36. The first kappa shape index (κ1) is 15.4. The van der Waals surface area contributed by atoms with E-state index in [1.807, 2.05) is 0 Å². The number of alkyl halides is 2. The van der Waals surface area contributed by atoms with E-state index in [2.05, 4.69) is 4.74 Å². The van der Waals surface area contributed by atoms with Crippen LogP contribution in [-0.4, -0.2) is 25.5 Å². The summed E-state index contributed by atoms with van der Waals surface area (Å²) in [6.07, 6.45) is 0.255. The fourth-order valence-electron chi connectivity index (χ4n) is 1.43. The molecule has 0 N–H and O–H groups in total. The number of aldehydes is 1. The van der Waals surface area contributed by atoms with Crippen molar-refractivity contribution in [1.29, 1.82) is 0 Å². The van der Waals surface area contributed by atoms with Crippen molar-refractivity contribution in [3.63, 3.8) is 0 Å². The van der Waals surface area contributed by atoms with E-state index in [0.29, 0.717) is 6.29 Å². The maximum atomic E-state index is 12.2. The summed E-state index contributed by atoms with van der Waals surface area (Å²) >= 11 is 5.69. The highest BCUT2D eigenvalue weighted by Gasteiger charge is 2.15. The van der Waals surface area contributed by atoms with Crippen LogP contribution in [-0.2, 0) is 16.0 Å². The summed E-state index contributed by atoms with van der Waals surface area (Å²) in [4.78, 5) is 22.2. The molecule has 0 aliphatic rings. The van der Waals surface area contributed by atoms with Crippen LogP contribution in [0.15, 0.2) is 12.1 Å². The van der Waals surface area contributed by atoms with Gasteiger partial charge in [-0.1, -0.05) is 11.6 Å². The Bertz CT molecular complexity index is 477. The van der Waals surface area contributed by atoms with Crippen molar-refractivity contribution in [2.75, 3.05) is 6.61 Å². The average molecular weight is 293 g/mol. The zero-order valence-corrected chi connectivity index (χ0v) is 10.7. The summed E-state index contributed by atoms with van der Waals surface area (Å²) < 4.78 is 33.2. The summed E-state index contributed by atoms with van der Waals surface area (Å²) in [7, 11) is 0. The van der Waals surface area contributed by atoms with Crippen LogP contribution in [0.25, 0.3) is 0 Å². The molecule has 1 aromatic rings. The Morgan fingerprint density at radius 1 is 1.47 bits per heavy atom. The summed E-state index contributed by atoms with van der Waals surface area (Å²) in [5.74, 6) is -0.863. The van der Waals surface area contributed by atoms with Gasteiger partial charge in [0.2, 0.25) is 0 Å². The van der Waals surface area contributed by atoms with E-state index in [-0.39, 0.29) is 34.9 Å². The Labute approximate surface area is 113 Å². The van der Waals surface area contributed by atoms with Crippen molar-refractivity contribution in [3.8, 4) is 5.75 Å². The molecule has 0 aliphatic carbocycles. The quantitative estimate of drug-likeness (QED) is 0.597. The zero-order valence-electron chi connectivity index (χ0n) is 9.99. The third-order valence-electron chi connectivity index (χ3n) is 2.18. The van der Waals surface area contributed by atoms with Crippen LogP contribution in [0.1, 0.15) is 22.8 Å². The molecule has 0 atom stereocenters. The second kappa shape index (κ2) is 7.04. The van der Waals surface area contributed by atoms with Crippen molar-refractivity contribution in [1.82, 2.24) is 0 Å². The standard InChI is InChI=1S/C12H11ClF2O4/c1-2-18-11(17)5-7-4-10(19-12(14)15)9(13)3-8(7)6-16/h3-4,6,12H,2,5H2,1H3. The van der Waals surface area contributed by atoms with E-state index in [1.165, 1.54) is 6.07 Å². The molecule has 0 amide bonds. The van der Waals surface area contributed by atoms with Crippen LogP contribution in [0.3, 0.4) is 0 Å². The third-order valence-corrected chi connectivity index (χ3v) is 2.47. The van der Waals surface area contributed by atoms with Gasteiger partial charge in [-0.2, -0.15) is 8.78 Å². The average Bonchev–Trinajstić information content (AvgIpc) is 2.32. The van der Waals surface area contributed by atoms with E-state index < -0.39 is 12.6 Å². The van der Waals surface area contributed by atoms with E-state index in [4.69, 9.17) is 16.3 Å². The van der Waals surface area contributed by atoms with Gasteiger partial charge in [-0.3, -0.25) is 9.59 Å². The molecule has 7 heteroatoms. The number of carbonyl (C=O) groups is 2. The summed E-state index contributed by atoms with van der Waals surface area (Å²) in [5, 5.41) is -0.130. The lowest BCUT2D eigenvalue weighted by atomic mass is 10.1. The minimum Gasteiger partial charge on any atom is -0.466 e. The number of hydrogen-bond acceptors (Lipinski definition) is 4. The third kappa shape index (κ3) is 4.48. The predicted molar refractivity (Wildman–Crippen MR) is 63.8 cm³/mol. The molecule has 4 nitrogen and oxygen atoms in total. The van der Waals surface area contributed by atoms with Crippen LogP contribution in [0.4, 0.5) is 8.78 Å². The molecule has 0 aromatic heterocycles. The highest BCUT2D eigenvalue weighted by Crippen LogP contribution is 2.29. The smallest absolute Gasteiger partial charge is 0.387 e. The van der Waals surface area contributed by atoms with E-state index >= 15 is 0 Å². The summed E-state index contributed by atoms with van der Waals surface area (Å²) in [5.41, 5.74) is 0.341. The predicted octanol–water partition coefficient (Wildman–Crippen LogP) is 2.86. The number of hydrogen-bond donors (Lipinski definition) is 0. The molecular weight excluding hydrogens is 282 g/mol. The lowest BCUT2D eigenvalue weighted by Gasteiger charge is -2.11. The lowest BCUT2D eigenvalue weighted by molar-refractivity contribution is -0.142. The summed E-state index contributed by atoms with van der Waals surface area (Å²) in [6.45, 7) is -1.23. The van der Waals surface area contributed by atoms with Gasteiger partial charge in [-0.15, -0.1) is 0 Å². The Balaban J connectivity index is 3.06. The molecular formula is C12H11ClF2O4. The number of esters is 1. The Hall–Kier alpha value is -1.69. The van der Waals surface area contributed by atoms with Crippen LogP contribution < -0.4 is 4.74 Å². The topological polar surface area (TPSA) is 52.6 Å². The maximum absolute atomic E-state index is 12.2. The second-order valence-corrected chi connectivity index (χ2v) is 3.87. The fourth-order valence-corrected chi connectivity index (χ4v) is 1.64. The number of benzene rings is 1. The van der Waals surface area contributed by atoms with Gasteiger partial charge >= 0.3 is 12.6 Å². The monoisotopic (exact) mass is 292 g/mol. The van der Waals surface area contributed by atoms with Gasteiger partial charge in [-0.05, 0) is 24.6 Å². The maximum Gasteiger partial charge on any atom is 0.387 e. The minimum absolute atomic E-state index is 0.125. The minimum atomic E-state index is -3.05. The van der Waals surface area contributed by atoms with Gasteiger partial charge in [0.1, 0.15) is 12.0 Å². The van der Waals surface area contributed by atoms with Crippen LogP contribution in [0.2, 0.25) is 5.02 Å². The molecule has 0 spiro atoms. The van der Waals surface area contributed by atoms with Crippen LogP contribution >= 0.6 is 11.6 Å². The first-order chi connectivity index (χ1) is 8.97. The van der Waals surface area contributed by atoms with Crippen molar-refractivity contribution in [3.05, 3.63) is 28.3 Å². The van der Waals surface area contributed by atoms with Gasteiger partial charge in [0.25, 0.3) is 0 Å². The van der Waals surface area contributed by atoms with Crippen LogP contribution in [0, 0.1) is 0 Å². The fraction of sp³-hybridized carbons (Fsp3) is 0.333. The normalized spacial score (nSPS) is 10.4. The molecule has 0 aliphatic heterocycles. The van der Waals surface area contributed by atoms with E-state index in [1.54, 1.807) is 6.92 Å². The highest BCUT2D eigenvalue weighted by atomic mass is 35.5. The van der Waals surface area contributed by atoms with Gasteiger partial charge in [0.15, 0.2) is 0 Å².